The van der Waals surface area contributed by atoms with Gasteiger partial charge in [-0.25, -0.2) is 4.98 Å². The van der Waals surface area contributed by atoms with Crippen LogP contribution in [0.3, 0.4) is 0 Å². The van der Waals surface area contributed by atoms with Crippen molar-refractivity contribution >= 4 is 17.5 Å². The molecule has 4 nitrogen and oxygen atoms in total. The molecule has 1 heterocycles. The van der Waals surface area contributed by atoms with Crippen LogP contribution in [0.1, 0.15) is 46.6 Å². The maximum absolute atomic E-state index is 11.6. The number of nitrogens with zero attached hydrogens (tertiary/aromatic N) is 2. The molecular weight excluding hydrogens is 320 g/mol. The Morgan fingerprint density at radius 2 is 2.08 bits per heavy atom. The Morgan fingerprint density at radius 1 is 1.33 bits per heavy atom. The quantitative estimate of drug-likeness (QED) is 0.574. The number of hydrogen-bond acceptors (Lipinski definition) is 5. The molecule has 0 aliphatic rings. The zero-order valence-corrected chi connectivity index (χ0v) is 15.2. The van der Waals surface area contributed by atoms with Crippen LogP contribution in [0.2, 0.25) is 0 Å². The molecule has 0 fully saturated rings. The summed E-state index contributed by atoms with van der Waals surface area (Å²) in [6, 6.07) is 9.60. The van der Waals surface area contributed by atoms with Crippen LogP contribution in [-0.4, -0.2) is 17.4 Å². The summed E-state index contributed by atoms with van der Waals surface area (Å²) in [5.41, 5.74) is 4.00. The van der Waals surface area contributed by atoms with Crippen LogP contribution in [0.5, 0.6) is 5.75 Å². The molecule has 0 unspecified atom stereocenters. The molecule has 0 spiro atoms. The van der Waals surface area contributed by atoms with Crippen LogP contribution in [0, 0.1) is 25.2 Å². The topological polar surface area (TPSA) is 63.0 Å². The molecule has 5 heteroatoms. The van der Waals surface area contributed by atoms with Gasteiger partial charge in [0.15, 0.2) is 5.78 Å². The van der Waals surface area contributed by atoms with E-state index in [-0.39, 0.29) is 5.78 Å². The lowest BCUT2D eigenvalue weighted by Gasteiger charge is -2.12. The first-order valence-corrected chi connectivity index (χ1v) is 8.72. The Hall–Kier alpha value is -2.32. The number of ether oxygens (including phenoxy) is 1. The summed E-state index contributed by atoms with van der Waals surface area (Å²) < 4.78 is 5.65. The molecule has 2 aromatic rings. The monoisotopic (exact) mass is 340 g/mol. The highest BCUT2D eigenvalue weighted by atomic mass is 32.2. The van der Waals surface area contributed by atoms with Crippen LogP contribution in [0.25, 0.3) is 0 Å². The van der Waals surface area contributed by atoms with Crippen molar-refractivity contribution in [2.45, 2.75) is 38.5 Å². The molecule has 0 saturated carbocycles. The van der Waals surface area contributed by atoms with Crippen molar-refractivity contribution in [1.29, 1.82) is 5.26 Å². The number of rotatable bonds is 6. The van der Waals surface area contributed by atoms with Gasteiger partial charge in [-0.2, -0.15) is 5.26 Å². The number of aryl methyl sites for hydroxylation is 2. The predicted molar refractivity (Wildman–Crippen MR) is 95.6 cm³/mol. The van der Waals surface area contributed by atoms with Gasteiger partial charge in [0.05, 0.1) is 12.2 Å². The third-order valence-electron chi connectivity index (χ3n) is 3.55. The number of thioether (sulfide) groups is 1. The second kappa shape index (κ2) is 7.98. The molecule has 0 amide bonds. The summed E-state index contributed by atoms with van der Waals surface area (Å²) in [6.45, 7) is 7.86. The second-order valence-electron chi connectivity index (χ2n) is 5.47. The SMILES string of the molecule is CCOc1ccc(C(C)=O)cc1CSc1nc(C)cc(C)c1C#N. The minimum atomic E-state index is 0.0199. The van der Waals surface area contributed by atoms with E-state index in [1.807, 2.05) is 39.0 Å². The summed E-state index contributed by atoms with van der Waals surface area (Å²) in [4.78, 5) is 16.1. The van der Waals surface area contributed by atoms with E-state index in [9.17, 15) is 10.1 Å². The molecule has 24 heavy (non-hydrogen) atoms. The van der Waals surface area contributed by atoms with Crippen LogP contribution >= 0.6 is 11.8 Å². The fourth-order valence-electron chi connectivity index (χ4n) is 2.40. The molecule has 2 rings (SSSR count). The van der Waals surface area contributed by atoms with Crippen molar-refractivity contribution in [2.24, 2.45) is 0 Å². The van der Waals surface area contributed by atoms with Crippen molar-refractivity contribution in [3.8, 4) is 11.8 Å². The van der Waals surface area contributed by atoms with E-state index in [4.69, 9.17) is 4.74 Å². The fourth-order valence-corrected chi connectivity index (χ4v) is 3.47. The first kappa shape index (κ1) is 18.0. The molecule has 0 radical (unpaired) electrons. The number of nitriles is 1. The highest BCUT2D eigenvalue weighted by Gasteiger charge is 2.13. The van der Waals surface area contributed by atoms with Crippen LogP contribution in [0.15, 0.2) is 29.3 Å². The van der Waals surface area contributed by atoms with E-state index in [1.165, 1.54) is 11.8 Å². The van der Waals surface area contributed by atoms with Crippen LogP contribution < -0.4 is 4.74 Å². The summed E-state index contributed by atoms with van der Waals surface area (Å²) in [5.74, 6) is 1.37. The Morgan fingerprint density at radius 3 is 2.71 bits per heavy atom. The summed E-state index contributed by atoms with van der Waals surface area (Å²) >= 11 is 1.49. The van der Waals surface area contributed by atoms with Gasteiger partial charge in [0.1, 0.15) is 16.8 Å². The van der Waals surface area contributed by atoms with Gasteiger partial charge < -0.3 is 4.74 Å². The Bertz CT molecular complexity index is 810. The zero-order chi connectivity index (χ0) is 17.7. The number of carbonyl (C=O) groups excluding carboxylic acids is 1. The number of carbonyl (C=O) groups is 1. The number of ketones is 1. The third kappa shape index (κ3) is 4.15. The lowest BCUT2D eigenvalue weighted by Crippen LogP contribution is -2.00. The number of hydrogen-bond donors (Lipinski definition) is 0. The molecule has 0 aliphatic carbocycles. The van der Waals surface area contributed by atoms with E-state index in [2.05, 4.69) is 11.1 Å². The van der Waals surface area contributed by atoms with E-state index < -0.39 is 0 Å². The highest BCUT2D eigenvalue weighted by Crippen LogP contribution is 2.31. The normalized spacial score (nSPS) is 10.3. The largest absolute Gasteiger partial charge is 0.494 e. The van der Waals surface area contributed by atoms with Gasteiger partial charge in [-0.3, -0.25) is 4.79 Å². The van der Waals surface area contributed by atoms with Crippen molar-refractivity contribution in [3.05, 3.63) is 52.2 Å². The maximum atomic E-state index is 11.6. The molecular formula is C19H20N2O2S. The van der Waals surface area contributed by atoms with Gasteiger partial charge in [0.2, 0.25) is 0 Å². The molecule has 0 N–H and O–H groups in total. The maximum Gasteiger partial charge on any atom is 0.159 e. The fraction of sp³-hybridized carbons (Fsp3) is 0.316. The summed E-state index contributed by atoms with van der Waals surface area (Å²) in [5, 5.41) is 10.1. The van der Waals surface area contributed by atoms with Crippen molar-refractivity contribution < 1.29 is 9.53 Å². The lowest BCUT2D eigenvalue weighted by atomic mass is 10.1. The van der Waals surface area contributed by atoms with E-state index in [0.717, 1.165) is 22.6 Å². The highest BCUT2D eigenvalue weighted by molar-refractivity contribution is 7.98. The van der Waals surface area contributed by atoms with Gasteiger partial charge in [-0.05, 0) is 57.5 Å². The van der Waals surface area contributed by atoms with Gasteiger partial charge >= 0.3 is 0 Å². The minimum absolute atomic E-state index is 0.0199. The smallest absolute Gasteiger partial charge is 0.159 e. The van der Waals surface area contributed by atoms with Gasteiger partial charge in [0.25, 0.3) is 0 Å². The van der Waals surface area contributed by atoms with Crippen molar-refractivity contribution in [1.82, 2.24) is 4.98 Å². The van der Waals surface area contributed by atoms with Crippen molar-refractivity contribution in [3.63, 3.8) is 0 Å². The second-order valence-corrected chi connectivity index (χ2v) is 6.44. The van der Waals surface area contributed by atoms with Crippen LogP contribution in [0.4, 0.5) is 0 Å². The van der Waals surface area contributed by atoms with Gasteiger partial charge in [0, 0.05) is 22.6 Å². The molecule has 124 valence electrons. The van der Waals surface area contributed by atoms with E-state index >= 15 is 0 Å². The van der Waals surface area contributed by atoms with Gasteiger partial charge in [-0.1, -0.05) is 0 Å². The number of pyridine rings is 1. The Labute approximate surface area is 146 Å². The number of aromatic nitrogens is 1. The predicted octanol–water partition coefficient (Wildman–Crippen LogP) is 4.46. The molecule has 1 aromatic carbocycles. The lowest BCUT2D eigenvalue weighted by molar-refractivity contribution is 0.101. The average Bonchev–Trinajstić information content (AvgIpc) is 2.53. The van der Waals surface area contributed by atoms with Crippen LogP contribution in [-0.2, 0) is 5.75 Å². The first-order chi connectivity index (χ1) is 11.5. The zero-order valence-electron chi connectivity index (χ0n) is 14.3. The Balaban J connectivity index is 2.33. The first-order valence-electron chi connectivity index (χ1n) is 7.74. The Kier molecular flexibility index (Phi) is 5.99. The molecule has 0 saturated heterocycles. The summed E-state index contributed by atoms with van der Waals surface area (Å²) in [7, 11) is 0. The number of Topliss-reactive ketones (excluding diaryl/α,β-unsaturated/α-hetero) is 1. The van der Waals surface area contributed by atoms with Gasteiger partial charge in [-0.15, -0.1) is 11.8 Å². The van der Waals surface area contributed by atoms with Crippen molar-refractivity contribution in [2.75, 3.05) is 6.61 Å². The molecule has 1 aromatic heterocycles. The standard InChI is InChI=1S/C19H20N2O2S/c1-5-23-18-7-6-15(14(4)22)9-16(18)11-24-19-17(10-20)12(2)8-13(3)21-19/h6-9H,5,11H2,1-4H3. The molecule has 0 bridgehead atoms. The van der Waals surface area contributed by atoms with E-state index in [0.29, 0.717) is 28.5 Å². The number of benzene rings is 1. The molecule has 0 aliphatic heterocycles. The average molecular weight is 340 g/mol. The third-order valence-corrected chi connectivity index (χ3v) is 4.58. The molecule has 0 atom stereocenters. The summed E-state index contributed by atoms with van der Waals surface area (Å²) in [6.07, 6.45) is 0. The minimum Gasteiger partial charge on any atom is -0.494 e. The van der Waals surface area contributed by atoms with E-state index in [1.54, 1.807) is 13.0 Å².